The van der Waals surface area contributed by atoms with Crippen LogP contribution in [0.25, 0.3) is 17.2 Å². The van der Waals surface area contributed by atoms with Gasteiger partial charge in [-0.2, -0.15) is 0 Å². The van der Waals surface area contributed by atoms with E-state index in [1.54, 1.807) is 24.9 Å². The normalized spacial score (nSPS) is 15.9. The van der Waals surface area contributed by atoms with Crippen molar-refractivity contribution in [1.82, 2.24) is 9.21 Å². The van der Waals surface area contributed by atoms with Gasteiger partial charge in [0.25, 0.3) is 0 Å². The molecule has 0 aromatic heterocycles. The number of carbonyl (C=O) groups is 1. The highest BCUT2D eigenvalue weighted by Gasteiger charge is 2.29. The Balaban J connectivity index is 1.60. The first-order valence-corrected chi connectivity index (χ1v) is 11.6. The quantitative estimate of drug-likeness (QED) is 0.681. The van der Waals surface area contributed by atoms with Crippen molar-refractivity contribution in [2.24, 2.45) is 0 Å². The molecule has 6 heteroatoms. The molecule has 0 N–H and O–H groups in total. The Hall–Kier alpha value is -2.44. The highest BCUT2D eigenvalue weighted by atomic mass is 32.2. The average Bonchev–Trinajstić information content (AvgIpc) is 2.78. The number of carbonyl (C=O) groups excluding carboxylic acids is 1. The maximum atomic E-state index is 12.6. The van der Waals surface area contributed by atoms with E-state index in [0.717, 1.165) is 16.7 Å². The summed E-state index contributed by atoms with van der Waals surface area (Å²) in [5.41, 5.74) is 3.23. The monoisotopic (exact) mass is 412 g/mol. The third kappa shape index (κ3) is 5.34. The van der Waals surface area contributed by atoms with Gasteiger partial charge in [-0.05, 0) is 48.6 Å². The van der Waals surface area contributed by atoms with E-state index in [9.17, 15) is 13.2 Å². The van der Waals surface area contributed by atoms with E-state index in [0.29, 0.717) is 25.9 Å². The SMILES string of the molecule is CCS(=O)(=O)N(C)C1CCN(C(=O)/C=C/c2cccc(-c3ccccc3)c2)CC1. The molecule has 1 amide bonds. The zero-order valence-electron chi connectivity index (χ0n) is 17.0. The van der Waals surface area contributed by atoms with E-state index >= 15 is 0 Å². The van der Waals surface area contributed by atoms with Crippen LogP contribution in [-0.4, -0.2) is 55.5 Å². The summed E-state index contributed by atoms with van der Waals surface area (Å²) in [4.78, 5) is 14.4. The van der Waals surface area contributed by atoms with Crippen molar-refractivity contribution in [3.05, 3.63) is 66.2 Å². The highest BCUT2D eigenvalue weighted by molar-refractivity contribution is 7.89. The lowest BCUT2D eigenvalue weighted by atomic mass is 10.0. The lowest BCUT2D eigenvalue weighted by Crippen LogP contribution is -2.47. The van der Waals surface area contributed by atoms with Crippen LogP contribution in [0.15, 0.2) is 60.7 Å². The van der Waals surface area contributed by atoms with Crippen LogP contribution in [0, 0.1) is 0 Å². The van der Waals surface area contributed by atoms with Crippen molar-refractivity contribution in [3.63, 3.8) is 0 Å². The molecule has 1 aliphatic heterocycles. The summed E-state index contributed by atoms with van der Waals surface area (Å²) in [6.07, 6.45) is 4.78. The molecule has 2 aromatic carbocycles. The van der Waals surface area contributed by atoms with Gasteiger partial charge in [0.05, 0.1) is 5.75 Å². The molecular weight excluding hydrogens is 384 g/mol. The number of benzene rings is 2. The molecule has 1 aliphatic rings. The van der Waals surface area contributed by atoms with Gasteiger partial charge >= 0.3 is 0 Å². The third-order valence-electron chi connectivity index (χ3n) is 5.51. The van der Waals surface area contributed by atoms with Crippen LogP contribution in [0.5, 0.6) is 0 Å². The summed E-state index contributed by atoms with van der Waals surface area (Å²) in [5, 5.41) is 0. The fraction of sp³-hybridized carbons (Fsp3) is 0.348. The van der Waals surface area contributed by atoms with Gasteiger partial charge in [-0.1, -0.05) is 48.5 Å². The lowest BCUT2D eigenvalue weighted by molar-refractivity contribution is -0.127. The molecule has 0 unspecified atom stereocenters. The summed E-state index contributed by atoms with van der Waals surface area (Å²) >= 11 is 0. The Morgan fingerprint density at radius 1 is 1.07 bits per heavy atom. The predicted octanol–water partition coefficient (Wildman–Crippen LogP) is 3.64. The van der Waals surface area contributed by atoms with E-state index in [2.05, 4.69) is 24.3 Å². The van der Waals surface area contributed by atoms with Gasteiger partial charge in [0, 0.05) is 32.3 Å². The minimum atomic E-state index is -3.19. The van der Waals surface area contributed by atoms with Crippen LogP contribution in [0.2, 0.25) is 0 Å². The first-order chi connectivity index (χ1) is 13.9. The summed E-state index contributed by atoms with van der Waals surface area (Å²) in [7, 11) is -1.55. The van der Waals surface area contributed by atoms with Gasteiger partial charge in [0.15, 0.2) is 0 Å². The molecule has 1 fully saturated rings. The first kappa shape index (κ1) is 21.3. The minimum absolute atomic E-state index is 0.0319. The van der Waals surface area contributed by atoms with Crippen LogP contribution in [0.1, 0.15) is 25.3 Å². The van der Waals surface area contributed by atoms with Gasteiger partial charge in [-0.15, -0.1) is 0 Å². The van der Waals surface area contributed by atoms with E-state index in [4.69, 9.17) is 0 Å². The molecule has 0 saturated carbocycles. The maximum absolute atomic E-state index is 12.6. The minimum Gasteiger partial charge on any atom is -0.339 e. The second-order valence-electron chi connectivity index (χ2n) is 7.30. The van der Waals surface area contributed by atoms with Crippen LogP contribution in [0.4, 0.5) is 0 Å². The maximum Gasteiger partial charge on any atom is 0.246 e. The molecule has 1 heterocycles. The van der Waals surface area contributed by atoms with Crippen molar-refractivity contribution < 1.29 is 13.2 Å². The zero-order chi connectivity index (χ0) is 20.9. The van der Waals surface area contributed by atoms with Crippen LogP contribution in [0.3, 0.4) is 0 Å². The van der Waals surface area contributed by atoms with Crippen LogP contribution in [-0.2, 0) is 14.8 Å². The highest BCUT2D eigenvalue weighted by Crippen LogP contribution is 2.21. The van der Waals surface area contributed by atoms with Gasteiger partial charge in [0.2, 0.25) is 15.9 Å². The van der Waals surface area contributed by atoms with Crippen molar-refractivity contribution in [1.29, 1.82) is 0 Å². The smallest absolute Gasteiger partial charge is 0.246 e. The van der Waals surface area contributed by atoms with Crippen LogP contribution >= 0.6 is 0 Å². The molecule has 0 aliphatic carbocycles. The number of amides is 1. The number of nitrogens with zero attached hydrogens (tertiary/aromatic N) is 2. The van der Waals surface area contributed by atoms with Gasteiger partial charge in [-0.25, -0.2) is 12.7 Å². The van der Waals surface area contributed by atoms with E-state index in [-0.39, 0.29) is 17.7 Å². The zero-order valence-corrected chi connectivity index (χ0v) is 17.8. The van der Waals surface area contributed by atoms with Gasteiger partial charge < -0.3 is 4.90 Å². The van der Waals surface area contributed by atoms with Crippen molar-refractivity contribution in [2.75, 3.05) is 25.9 Å². The third-order valence-corrected chi connectivity index (χ3v) is 7.41. The van der Waals surface area contributed by atoms with Crippen LogP contribution < -0.4 is 0 Å². The molecule has 0 bridgehead atoms. The Morgan fingerprint density at radius 3 is 2.38 bits per heavy atom. The predicted molar refractivity (Wildman–Crippen MR) is 118 cm³/mol. The average molecular weight is 413 g/mol. The Kier molecular flexibility index (Phi) is 6.87. The largest absolute Gasteiger partial charge is 0.339 e. The van der Waals surface area contributed by atoms with E-state index < -0.39 is 10.0 Å². The Morgan fingerprint density at radius 2 is 1.72 bits per heavy atom. The molecular formula is C23H28N2O3S. The number of hydrogen-bond acceptors (Lipinski definition) is 3. The number of rotatable bonds is 6. The molecule has 0 spiro atoms. The van der Waals surface area contributed by atoms with Crippen molar-refractivity contribution >= 4 is 22.0 Å². The summed E-state index contributed by atoms with van der Waals surface area (Å²) in [6.45, 7) is 2.80. The molecule has 154 valence electrons. The van der Waals surface area contributed by atoms with E-state index in [1.807, 2.05) is 36.4 Å². The van der Waals surface area contributed by atoms with Gasteiger partial charge in [-0.3, -0.25) is 4.79 Å². The molecule has 29 heavy (non-hydrogen) atoms. The molecule has 0 radical (unpaired) electrons. The van der Waals surface area contributed by atoms with E-state index in [1.165, 1.54) is 4.31 Å². The second-order valence-corrected chi connectivity index (χ2v) is 9.62. The fourth-order valence-corrected chi connectivity index (χ4v) is 4.68. The topological polar surface area (TPSA) is 57.7 Å². The Labute approximate surface area is 173 Å². The number of likely N-dealkylation sites (tertiary alicyclic amines) is 1. The number of sulfonamides is 1. The fourth-order valence-electron chi connectivity index (χ4n) is 3.61. The molecule has 0 atom stereocenters. The summed E-state index contributed by atoms with van der Waals surface area (Å²) < 4.78 is 25.5. The van der Waals surface area contributed by atoms with Gasteiger partial charge in [0.1, 0.15) is 0 Å². The molecule has 5 nitrogen and oxygen atoms in total. The number of piperidine rings is 1. The standard InChI is InChI=1S/C23H28N2O3S/c1-3-29(27,28)24(2)22-14-16-25(17-15-22)23(26)13-12-19-8-7-11-21(18-19)20-9-5-4-6-10-20/h4-13,18,22H,3,14-17H2,1-2H3/b13-12+. The second kappa shape index (κ2) is 9.37. The van der Waals surface area contributed by atoms with Crippen molar-refractivity contribution in [2.45, 2.75) is 25.8 Å². The lowest BCUT2D eigenvalue weighted by Gasteiger charge is -2.35. The van der Waals surface area contributed by atoms with Crippen molar-refractivity contribution in [3.8, 4) is 11.1 Å². The number of hydrogen-bond donors (Lipinski definition) is 0. The summed E-state index contributed by atoms with van der Waals surface area (Å²) in [6, 6.07) is 18.2. The molecule has 2 aromatic rings. The first-order valence-electron chi connectivity index (χ1n) is 9.99. The molecule has 3 rings (SSSR count). The summed E-state index contributed by atoms with van der Waals surface area (Å²) in [5.74, 6) is 0.0718. The Bertz CT molecular complexity index is 963. The molecule has 1 saturated heterocycles.